The average Bonchev–Trinajstić information content (AvgIpc) is 3.05. The minimum atomic E-state index is -0.00171. The highest BCUT2D eigenvalue weighted by atomic mass is 16.1. The van der Waals surface area contributed by atoms with Gasteiger partial charge in [0.2, 0.25) is 0 Å². The summed E-state index contributed by atoms with van der Waals surface area (Å²) < 4.78 is 1.64. The largest absolute Gasteiger partial charge is 0.367 e. The first-order chi connectivity index (χ1) is 11.7. The standard InChI is InChI=1S/C18H23N5O/c1-12-20-16-5-2-4-15(16)18(21-12)22-13-7-9-14(10-8-13)23-17(24)6-3-11-19-23/h3,6,11,13-14H,2,4-5,7-10H2,1H3,(H,20,21,22). The average molecular weight is 325 g/mol. The lowest BCUT2D eigenvalue weighted by atomic mass is 9.91. The van der Waals surface area contributed by atoms with Crippen LogP contribution in [0.1, 0.15) is 55.2 Å². The molecule has 4 rings (SSSR count). The van der Waals surface area contributed by atoms with Crippen LogP contribution in [0.4, 0.5) is 5.82 Å². The molecule has 0 spiro atoms. The maximum Gasteiger partial charge on any atom is 0.266 e. The summed E-state index contributed by atoms with van der Waals surface area (Å²) in [6.07, 6.45) is 9.04. The van der Waals surface area contributed by atoms with E-state index in [0.29, 0.717) is 6.04 Å². The minimum Gasteiger partial charge on any atom is -0.367 e. The van der Waals surface area contributed by atoms with Crippen molar-refractivity contribution in [1.29, 1.82) is 0 Å². The van der Waals surface area contributed by atoms with E-state index in [1.807, 2.05) is 6.92 Å². The van der Waals surface area contributed by atoms with Crippen molar-refractivity contribution in [2.24, 2.45) is 0 Å². The fourth-order valence-corrected chi connectivity index (χ4v) is 3.98. The minimum absolute atomic E-state index is 0.00171. The molecule has 2 aliphatic rings. The summed E-state index contributed by atoms with van der Waals surface area (Å²) in [5.74, 6) is 1.89. The Morgan fingerprint density at radius 2 is 2.00 bits per heavy atom. The van der Waals surface area contributed by atoms with Crippen LogP contribution in [0, 0.1) is 6.92 Å². The van der Waals surface area contributed by atoms with E-state index < -0.39 is 0 Å². The fraction of sp³-hybridized carbons (Fsp3) is 0.556. The van der Waals surface area contributed by atoms with Crippen molar-refractivity contribution < 1.29 is 0 Å². The summed E-state index contributed by atoms with van der Waals surface area (Å²) in [6.45, 7) is 1.97. The van der Waals surface area contributed by atoms with Crippen molar-refractivity contribution in [2.45, 2.75) is 64.0 Å². The molecule has 1 fully saturated rings. The zero-order valence-electron chi connectivity index (χ0n) is 14.0. The molecule has 24 heavy (non-hydrogen) atoms. The molecule has 0 unspecified atom stereocenters. The summed E-state index contributed by atoms with van der Waals surface area (Å²) in [4.78, 5) is 21.1. The Morgan fingerprint density at radius 3 is 2.79 bits per heavy atom. The third kappa shape index (κ3) is 2.92. The van der Waals surface area contributed by atoms with E-state index in [1.54, 1.807) is 23.0 Å². The van der Waals surface area contributed by atoms with E-state index in [9.17, 15) is 4.79 Å². The van der Waals surface area contributed by atoms with E-state index in [2.05, 4.69) is 20.4 Å². The lowest BCUT2D eigenvalue weighted by molar-refractivity contribution is 0.303. The van der Waals surface area contributed by atoms with Gasteiger partial charge in [0.1, 0.15) is 11.6 Å². The Labute approximate surface area is 141 Å². The van der Waals surface area contributed by atoms with E-state index in [4.69, 9.17) is 0 Å². The first-order valence-corrected chi connectivity index (χ1v) is 8.87. The van der Waals surface area contributed by atoms with Gasteiger partial charge >= 0.3 is 0 Å². The number of nitrogens with zero attached hydrogens (tertiary/aromatic N) is 4. The van der Waals surface area contributed by atoms with Crippen molar-refractivity contribution in [2.75, 3.05) is 5.32 Å². The van der Waals surface area contributed by atoms with E-state index in [1.165, 1.54) is 17.7 Å². The van der Waals surface area contributed by atoms with Crippen LogP contribution in [-0.4, -0.2) is 25.8 Å². The Morgan fingerprint density at radius 1 is 1.17 bits per heavy atom. The van der Waals surface area contributed by atoms with Gasteiger partial charge in [-0.25, -0.2) is 14.6 Å². The Kier molecular flexibility index (Phi) is 4.04. The molecule has 2 heterocycles. The van der Waals surface area contributed by atoms with Gasteiger partial charge in [-0.3, -0.25) is 4.79 Å². The Hall–Kier alpha value is -2.24. The predicted octanol–water partition coefficient (Wildman–Crippen LogP) is 2.43. The van der Waals surface area contributed by atoms with Gasteiger partial charge in [-0.1, -0.05) is 0 Å². The van der Waals surface area contributed by atoms with E-state index in [-0.39, 0.29) is 11.6 Å². The highest BCUT2D eigenvalue weighted by Crippen LogP contribution is 2.31. The molecule has 2 aliphatic carbocycles. The molecule has 0 atom stereocenters. The smallest absolute Gasteiger partial charge is 0.266 e. The van der Waals surface area contributed by atoms with Crippen LogP contribution in [0.15, 0.2) is 23.1 Å². The molecule has 0 bridgehead atoms. The van der Waals surface area contributed by atoms with Crippen LogP contribution in [0.25, 0.3) is 0 Å². The number of anilines is 1. The number of hydrogen-bond acceptors (Lipinski definition) is 5. The van der Waals surface area contributed by atoms with Gasteiger partial charge in [0, 0.05) is 29.6 Å². The maximum absolute atomic E-state index is 11.9. The number of nitrogens with one attached hydrogen (secondary N) is 1. The molecule has 126 valence electrons. The summed E-state index contributed by atoms with van der Waals surface area (Å²) in [6, 6.07) is 3.92. The quantitative estimate of drug-likeness (QED) is 0.938. The SMILES string of the molecule is Cc1nc2c(c(NC3CCC(n4ncccc4=O)CC3)n1)CCC2. The third-order valence-electron chi connectivity index (χ3n) is 5.17. The first kappa shape index (κ1) is 15.3. The van der Waals surface area contributed by atoms with Crippen LogP contribution in [0.2, 0.25) is 0 Å². The summed E-state index contributed by atoms with van der Waals surface area (Å²) >= 11 is 0. The van der Waals surface area contributed by atoms with Gasteiger partial charge < -0.3 is 5.32 Å². The van der Waals surface area contributed by atoms with Crippen molar-refractivity contribution >= 4 is 5.82 Å². The molecule has 0 aromatic carbocycles. The third-order valence-corrected chi connectivity index (χ3v) is 5.17. The molecular weight excluding hydrogens is 302 g/mol. The van der Waals surface area contributed by atoms with Crippen LogP contribution in [0.5, 0.6) is 0 Å². The molecule has 6 heteroatoms. The predicted molar refractivity (Wildman–Crippen MR) is 92.2 cm³/mol. The van der Waals surface area contributed by atoms with Crippen LogP contribution < -0.4 is 10.9 Å². The first-order valence-electron chi connectivity index (χ1n) is 8.87. The molecule has 0 aliphatic heterocycles. The normalized spacial score (nSPS) is 23.0. The van der Waals surface area contributed by atoms with Gasteiger partial charge in [0.25, 0.3) is 5.56 Å². The molecule has 1 N–H and O–H groups in total. The molecular formula is C18H23N5O. The zero-order valence-corrected chi connectivity index (χ0v) is 14.0. The lowest BCUT2D eigenvalue weighted by Crippen LogP contribution is -2.33. The van der Waals surface area contributed by atoms with E-state index >= 15 is 0 Å². The number of aryl methyl sites for hydroxylation is 2. The monoisotopic (exact) mass is 325 g/mol. The van der Waals surface area contributed by atoms with Gasteiger partial charge in [0.05, 0.1) is 6.04 Å². The highest BCUT2D eigenvalue weighted by Gasteiger charge is 2.26. The van der Waals surface area contributed by atoms with Crippen molar-refractivity contribution in [1.82, 2.24) is 19.7 Å². The van der Waals surface area contributed by atoms with Crippen molar-refractivity contribution in [3.8, 4) is 0 Å². The Balaban J connectivity index is 1.44. The summed E-state index contributed by atoms with van der Waals surface area (Å²) in [7, 11) is 0. The molecule has 0 amide bonds. The molecule has 2 aromatic rings. The molecule has 0 radical (unpaired) electrons. The van der Waals surface area contributed by atoms with Gasteiger partial charge in [0.15, 0.2) is 0 Å². The van der Waals surface area contributed by atoms with Crippen LogP contribution in [-0.2, 0) is 12.8 Å². The second-order valence-electron chi connectivity index (χ2n) is 6.85. The molecule has 1 saturated carbocycles. The molecule has 2 aromatic heterocycles. The lowest BCUT2D eigenvalue weighted by Gasteiger charge is -2.30. The van der Waals surface area contributed by atoms with Crippen molar-refractivity contribution in [3.05, 3.63) is 45.8 Å². The van der Waals surface area contributed by atoms with Crippen LogP contribution >= 0.6 is 0 Å². The second kappa shape index (κ2) is 6.34. The van der Waals surface area contributed by atoms with Crippen molar-refractivity contribution in [3.63, 3.8) is 0 Å². The van der Waals surface area contributed by atoms with E-state index in [0.717, 1.165) is 50.2 Å². The number of aromatic nitrogens is 4. The number of hydrogen-bond donors (Lipinski definition) is 1. The maximum atomic E-state index is 11.9. The number of rotatable bonds is 3. The van der Waals surface area contributed by atoms with Gasteiger partial charge in [-0.05, 0) is 57.9 Å². The van der Waals surface area contributed by atoms with Gasteiger partial charge in [-0.15, -0.1) is 0 Å². The number of fused-ring (bicyclic) bond motifs is 1. The summed E-state index contributed by atoms with van der Waals surface area (Å²) in [5.41, 5.74) is 2.53. The second-order valence-corrected chi connectivity index (χ2v) is 6.85. The highest BCUT2D eigenvalue weighted by molar-refractivity contribution is 5.49. The molecule has 0 saturated heterocycles. The van der Waals surface area contributed by atoms with Crippen LogP contribution in [0.3, 0.4) is 0 Å². The fourth-order valence-electron chi connectivity index (χ4n) is 3.98. The summed E-state index contributed by atoms with van der Waals surface area (Å²) in [5, 5.41) is 7.88. The zero-order chi connectivity index (χ0) is 16.5. The Bertz CT molecular complexity index is 792. The molecule has 6 nitrogen and oxygen atoms in total. The topological polar surface area (TPSA) is 72.7 Å². The van der Waals surface area contributed by atoms with Gasteiger partial charge in [-0.2, -0.15) is 5.10 Å².